The van der Waals surface area contributed by atoms with E-state index in [0.717, 1.165) is 22.0 Å². The normalized spacial score (nSPS) is 12.6. The minimum absolute atomic E-state index is 0.633. The molecule has 0 saturated heterocycles. The number of nitrogens with zero attached hydrogens (tertiary/aromatic N) is 4. The lowest BCUT2D eigenvalue weighted by molar-refractivity contribution is 0.583. The van der Waals surface area contributed by atoms with E-state index in [1.807, 2.05) is 19.1 Å². The van der Waals surface area contributed by atoms with Crippen molar-refractivity contribution >= 4 is 32.4 Å². The van der Waals surface area contributed by atoms with Crippen LogP contribution in [0.2, 0.25) is 0 Å². The Kier molecular flexibility index (Phi) is 4.87. The summed E-state index contributed by atoms with van der Waals surface area (Å²) in [5, 5.41) is 11.8. The van der Waals surface area contributed by atoms with Crippen LogP contribution in [0.15, 0.2) is 16.6 Å². The van der Waals surface area contributed by atoms with Crippen molar-refractivity contribution in [2.45, 2.75) is 19.9 Å². The fraction of sp³-hybridized carbons (Fsp3) is 0.417. The van der Waals surface area contributed by atoms with Crippen molar-refractivity contribution in [3.63, 3.8) is 0 Å². The lowest BCUT2D eigenvalue weighted by atomic mass is 10.1. The topological polar surface area (TPSA) is 86.7 Å². The highest BCUT2D eigenvalue weighted by Crippen LogP contribution is 2.29. The Balaban J connectivity index is 2.30. The van der Waals surface area contributed by atoms with Crippen LogP contribution in [-0.4, -0.2) is 36.4 Å². The van der Waals surface area contributed by atoms with Crippen molar-refractivity contribution in [1.82, 2.24) is 20.2 Å². The second-order valence-corrected chi connectivity index (χ2v) is 6.99. The molecule has 1 atom stereocenters. The van der Waals surface area contributed by atoms with Crippen molar-refractivity contribution in [3.05, 3.63) is 22.2 Å². The van der Waals surface area contributed by atoms with Crippen LogP contribution in [0.25, 0.3) is 11.4 Å². The van der Waals surface area contributed by atoms with Crippen LogP contribution < -0.4 is 5.73 Å². The van der Waals surface area contributed by atoms with Gasteiger partial charge in [-0.15, -0.1) is 5.10 Å². The summed E-state index contributed by atoms with van der Waals surface area (Å²) >= 11 is 3.43. The van der Waals surface area contributed by atoms with E-state index in [0.29, 0.717) is 23.8 Å². The number of benzene rings is 1. The molecule has 2 aromatic rings. The van der Waals surface area contributed by atoms with Gasteiger partial charge < -0.3 is 5.73 Å². The second kappa shape index (κ2) is 6.45. The van der Waals surface area contributed by atoms with Crippen molar-refractivity contribution in [1.29, 1.82) is 0 Å². The molecule has 6 nitrogen and oxygen atoms in total. The van der Waals surface area contributed by atoms with Gasteiger partial charge in [-0.1, -0.05) is 15.9 Å². The highest BCUT2D eigenvalue weighted by atomic mass is 79.9. The molecule has 1 unspecified atom stereocenters. The van der Waals surface area contributed by atoms with Crippen LogP contribution >= 0.6 is 15.9 Å². The summed E-state index contributed by atoms with van der Waals surface area (Å²) < 4.78 is 13.7. The van der Waals surface area contributed by atoms with Crippen LogP contribution in [-0.2, 0) is 17.3 Å². The summed E-state index contributed by atoms with van der Waals surface area (Å²) in [4.78, 5) is 0. The van der Waals surface area contributed by atoms with Crippen LogP contribution in [0.1, 0.15) is 12.0 Å². The number of nitrogens with two attached hydrogens (primary N) is 1. The Bertz CT molecular complexity index is 643. The summed E-state index contributed by atoms with van der Waals surface area (Å²) in [6.45, 7) is 2.57. The molecule has 0 radical (unpaired) electrons. The number of nitrogen functional groups attached to an aromatic ring is 1. The maximum Gasteiger partial charge on any atom is 0.182 e. The Morgan fingerprint density at radius 2 is 2.20 bits per heavy atom. The zero-order valence-electron chi connectivity index (χ0n) is 11.3. The molecule has 1 heterocycles. The summed E-state index contributed by atoms with van der Waals surface area (Å²) in [5.41, 5.74) is 8.51. The van der Waals surface area contributed by atoms with Gasteiger partial charge in [0.15, 0.2) is 5.82 Å². The SMILES string of the molecule is Cc1c(N)cc(Br)cc1-c1nnnn1CCCS(C)=O. The third kappa shape index (κ3) is 3.43. The van der Waals surface area contributed by atoms with Gasteiger partial charge in [-0.05, 0) is 41.5 Å². The van der Waals surface area contributed by atoms with Crippen molar-refractivity contribution in [2.75, 3.05) is 17.7 Å². The molecule has 1 aromatic carbocycles. The van der Waals surface area contributed by atoms with E-state index in [4.69, 9.17) is 5.73 Å². The van der Waals surface area contributed by atoms with Crippen LogP contribution in [0, 0.1) is 6.92 Å². The number of aromatic nitrogens is 4. The number of hydrogen-bond acceptors (Lipinski definition) is 5. The minimum atomic E-state index is -0.799. The summed E-state index contributed by atoms with van der Waals surface area (Å²) in [5.74, 6) is 1.32. The molecule has 2 N–H and O–H groups in total. The quantitative estimate of drug-likeness (QED) is 0.823. The Labute approximate surface area is 128 Å². The monoisotopic (exact) mass is 357 g/mol. The van der Waals surface area contributed by atoms with E-state index in [9.17, 15) is 4.21 Å². The van der Waals surface area contributed by atoms with Gasteiger partial charge in [0.25, 0.3) is 0 Å². The van der Waals surface area contributed by atoms with E-state index in [-0.39, 0.29) is 0 Å². The fourth-order valence-corrected chi connectivity index (χ4v) is 2.91. The first-order chi connectivity index (χ1) is 9.49. The number of halogens is 1. The lowest BCUT2D eigenvalue weighted by Crippen LogP contribution is -2.07. The third-order valence-corrected chi connectivity index (χ3v) is 4.31. The predicted molar refractivity (Wildman–Crippen MR) is 83.7 cm³/mol. The first-order valence-electron chi connectivity index (χ1n) is 6.11. The van der Waals surface area contributed by atoms with Gasteiger partial charge in [-0.25, -0.2) is 4.68 Å². The van der Waals surface area contributed by atoms with Crippen LogP contribution in [0.3, 0.4) is 0 Å². The maximum absolute atomic E-state index is 11.1. The molecule has 0 saturated carbocycles. The summed E-state index contributed by atoms with van der Waals surface area (Å²) in [6.07, 6.45) is 2.46. The van der Waals surface area contributed by atoms with Gasteiger partial charge in [-0.3, -0.25) is 4.21 Å². The average Bonchev–Trinajstić information content (AvgIpc) is 2.81. The molecule has 108 valence electrons. The molecule has 8 heteroatoms. The first kappa shape index (κ1) is 15.1. The van der Waals surface area contributed by atoms with Crippen molar-refractivity contribution in [3.8, 4) is 11.4 Å². The molecule has 0 fully saturated rings. The molecule has 0 amide bonds. The average molecular weight is 358 g/mol. The zero-order valence-corrected chi connectivity index (χ0v) is 13.7. The predicted octanol–water partition coefficient (Wildman–Crippen LogP) is 1.76. The number of anilines is 1. The van der Waals surface area contributed by atoms with Crippen molar-refractivity contribution < 1.29 is 4.21 Å². The minimum Gasteiger partial charge on any atom is -0.398 e. The molecule has 2 rings (SSSR count). The molecular formula is C12H16BrN5OS. The summed E-state index contributed by atoms with van der Waals surface area (Å²) in [6, 6.07) is 3.80. The Morgan fingerprint density at radius 3 is 2.90 bits per heavy atom. The molecular weight excluding hydrogens is 342 g/mol. The van der Waals surface area contributed by atoms with E-state index in [1.165, 1.54) is 0 Å². The molecule has 20 heavy (non-hydrogen) atoms. The zero-order chi connectivity index (χ0) is 14.7. The molecule has 0 bridgehead atoms. The molecule has 0 aliphatic rings. The van der Waals surface area contributed by atoms with Crippen molar-refractivity contribution in [2.24, 2.45) is 0 Å². The number of rotatable bonds is 5. The van der Waals surface area contributed by atoms with E-state index in [1.54, 1.807) is 10.9 Å². The largest absolute Gasteiger partial charge is 0.398 e. The van der Waals surface area contributed by atoms with Gasteiger partial charge in [-0.2, -0.15) is 0 Å². The smallest absolute Gasteiger partial charge is 0.182 e. The number of hydrogen-bond donors (Lipinski definition) is 1. The molecule has 0 spiro atoms. The summed E-state index contributed by atoms with van der Waals surface area (Å²) in [7, 11) is -0.799. The molecule has 0 aliphatic heterocycles. The van der Waals surface area contributed by atoms with Crippen LogP contribution in [0.5, 0.6) is 0 Å². The second-order valence-electron chi connectivity index (χ2n) is 4.52. The number of tetrazole rings is 1. The van der Waals surface area contributed by atoms with E-state index >= 15 is 0 Å². The highest BCUT2D eigenvalue weighted by Gasteiger charge is 2.14. The highest BCUT2D eigenvalue weighted by molar-refractivity contribution is 9.10. The Hall–Kier alpha value is -1.28. The van der Waals surface area contributed by atoms with E-state index < -0.39 is 10.8 Å². The maximum atomic E-state index is 11.1. The van der Waals surface area contributed by atoms with Gasteiger partial charge >= 0.3 is 0 Å². The Morgan fingerprint density at radius 1 is 1.45 bits per heavy atom. The standard InChI is InChI=1S/C12H16BrN5OS/c1-8-10(6-9(13)7-11(8)14)12-15-16-17-18(12)4-3-5-20(2)19/h6-7H,3-5,14H2,1-2H3. The molecule has 1 aromatic heterocycles. The lowest BCUT2D eigenvalue weighted by Gasteiger charge is -2.09. The third-order valence-electron chi connectivity index (χ3n) is 2.99. The molecule has 0 aliphatic carbocycles. The van der Waals surface area contributed by atoms with Gasteiger partial charge in [0.2, 0.25) is 0 Å². The van der Waals surface area contributed by atoms with Crippen LogP contribution in [0.4, 0.5) is 5.69 Å². The van der Waals surface area contributed by atoms with Gasteiger partial charge in [0, 0.05) is 45.1 Å². The van der Waals surface area contributed by atoms with Gasteiger partial charge in [0.05, 0.1) is 0 Å². The van der Waals surface area contributed by atoms with Gasteiger partial charge in [0.1, 0.15) is 0 Å². The van der Waals surface area contributed by atoms with E-state index in [2.05, 4.69) is 31.5 Å². The first-order valence-corrected chi connectivity index (χ1v) is 8.63. The number of aryl methyl sites for hydroxylation is 1. The fourth-order valence-electron chi connectivity index (χ4n) is 1.90.